The van der Waals surface area contributed by atoms with Crippen LogP contribution in [0.1, 0.15) is 32.6 Å². The van der Waals surface area contributed by atoms with E-state index in [-0.39, 0.29) is 5.82 Å². The number of nitrogens with zero attached hydrogens (tertiary/aromatic N) is 3. The Kier molecular flexibility index (Phi) is 4.76. The number of pyridine rings is 1. The number of hydrogen-bond donors (Lipinski definition) is 1. The number of nitro groups is 1. The van der Waals surface area contributed by atoms with E-state index in [1.165, 1.54) is 23.7 Å². The summed E-state index contributed by atoms with van der Waals surface area (Å²) in [6.45, 7) is 3.26. The van der Waals surface area contributed by atoms with Crippen LogP contribution in [0.5, 0.6) is 0 Å². The van der Waals surface area contributed by atoms with Crippen molar-refractivity contribution in [2.45, 2.75) is 38.7 Å². The molecule has 0 radical (unpaired) electrons. The second-order valence-electron chi connectivity index (χ2n) is 6.07. The largest absolute Gasteiger partial charge is 0.376 e. The summed E-state index contributed by atoms with van der Waals surface area (Å²) in [4.78, 5) is 15.2. The van der Waals surface area contributed by atoms with Crippen LogP contribution in [0.3, 0.4) is 0 Å². The molecule has 0 spiro atoms. The van der Waals surface area contributed by atoms with Gasteiger partial charge >= 0.3 is 5.82 Å². The van der Waals surface area contributed by atoms with Crippen molar-refractivity contribution >= 4 is 17.3 Å². The fourth-order valence-electron chi connectivity index (χ4n) is 3.19. The lowest BCUT2D eigenvalue weighted by molar-refractivity contribution is -0.389. The second-order valence-corrected chi connectivity index (χ2v) is 6.07. The standard InChI is InChI=1S/C16H22N4O3/c1-12-6-2-3-7-13(12)23-11-9-17-15-16(20(21)22)19-10-5-4-8-14(19)18-15/h4-5,8,10,12-13,17H,2-3,6-7,9,11H2,1H3/t12-,13-/m0/s1. The van der Waals surface area contributed by atoms with E-state index in [4.69, 9.17) is 4.74 Å². The summed E-state index contributed by atoms with van der Waals surface area (Å²) in [5.41, 5.74) is 0.559. The highest BCUT2D eigenvalue weighted by Crippen LogP contribution is 2.27. The van der Waals surface area contributed by atoms with E-state index in [2.05, 4.69) is 17.2 Å². The topological polar surface area (TPSA) is 81.7 Å². The van der Waals surface area contributed by atoms with Gasteiger partial charge in [-0.15, -0.1) is 0 Å². The third kappa shape index (κ3) is 3.44. The molecule has 0 bridgehead atoms. The Morgan fingerprint density at radius 1 is 1.43 bits per heavy atom. The number of fused-ring (bicyclic) bond motifs is 1. The van der Waals surface area contributed by atoms with Gasteiger partial charge in [0.05, 0.1) is 18.9 Å². The number of hydrogen-bond acceptors (Lipinski definition) is 5. The van der Waals surface area contributed by atoms with Gasteiger partial charge in [0.25, 0.3) is 0 Å². The van der Waals surface area contributed by atoms with E-state index in [9.17, 15) is 10.1 Å². The molecule has 23 heavy (non-hydrogen) atoms. The van der Waals surface area contributed by atoms with Gasteiger partial charge in [0.2, 0.25) is 11.5 Å². The van der Waals surface area contributed by atoms with E-state index in [0.717, 1.165) is 6.42 Å². The Morgan fingerprint density at radius 3 is 3.04 bits per heavy atom. The quantitative estimate of drug-likeness (QED) is 0.502. The molecule has 2 heterocycles. The SMILES string of the molecule is C[C@H]1CCCC[C@@H]1OCCNc1nc2ccccn2c1[N+](=O)[O-]. The monoisotopic (exact) mass is 318 g/mol. The Balaban J connectivity index is 1.61. The minimum Gasteiger partial charge on any atom is -0.376 e. The van der Waals surface area contributed by atoms with Crippen LogP contribution in [-0.2, 0) is 4.74 Å². The van der Waals surface area contributed by atoms with Crippen LogP contribution >= 0.6 is 0 Å². The predicted octanol–water partition coefficient (Wildman–Crippen LogP) is 3.25. The van der Waals surface area contributed by atoms with Crippen molar-refractivity contribution in [2.75, 3.05) is 18.5 Å². The smallest absolute Gasteiger partial charge is 0.372 e. The average Bonchev–Trinajstić information content (AvgIpc) is 2.91. The fraction of sp³-hybridized carbons (Fsp3) is 0.562. The fourth-order valence-corrected chi connectivity index (χ4v) is 3.19. The normalized spacial score (nSPS) is 21.4. The Labute approximate surface area is 134 Å². The first kappa shape index (κ1) is 15.7. The second kappa shape index (κ2) is 6.95. The van der Waals surface area contributed by atoms with Crippen molar-refractivity contribution in [1.82, 2.24) is 9.38 Å². The number of aromatic nitrogens is 2. The van der Waals surface area contributed by atoms with Crippen LogP contribution in [0.4, 0.5) is 11.6 Å². The van der Waals surface area contributed by atoms with Gasteiger partial charge in [-0.1, -0.05) is 25.8 Å². The zero-order chi connectivity index (χ0) is 16.2. The summed E-state index contributed by atoms with van der Waals surface area (Å²) in [6.07, 6.45) is 6.78. The van der Waals surface area contributed by atoms with E-state index in [1.54, 1.807) is 18.3 Å². The molecule has 7 heteroatoms. The Morgan fingerprint density at radius 2 is 2.26 bits per heavy atom. The first-order valence-corrected chi connectivity index (χ1v) is 8.14. The maximum absolute atomic E-state index is 11.3. The molecule has 2 atom stereocenters. The summed E-state index contributed by atoms with van der Waals surface area (Å²) >= 11 is 0. The molecule has 1 fully saturated rings. The van der Waals surface area contributed by atoms with E-state index in [1.807, 2.05) is 6.07 Å². The van der Waals surface area contributed by atoms with Crippen LogP contribution < -0.4 is 5.32 Å². The number of imidazole rings is 1. The van der Waals surface area contributed by atoms with E-state index in [0.29, 0.717) is 36.6 Å². The molecule has 1 N–H and O–H groups in total. The van der Waals surface area contributed by atoms with Gasteiger partial charge in [-0.2, -0.15) is 9.38 Å². The molecular weight excluding hydrogens is 296 g/mol. The molecule has 124 valence electrons. The van der Waals surface area contributed by atoms with Crippen LogP contribution in [0, 0.1) is 16.0 Å². The lowest BCUT2D eigenvalue weighted by Crippen LogP contribution is -2.27. The third-order valence-corrected chi connectivity index (χ3v) is 4.44. The minimum atomic E-state index is -0.410. The highest BCUT2D eigenvalue weighted by Gasteiger charge is 2.23. The number of ether oxygens (including phenoxy) is 1. The van der Waals surface area contributed by atoms with Crippen molar-refractivity contribution in [2.24, 2.45) is 5.92 Å². The number of rotatable bonds is 6. The molecule has 1 saturated carbocycles. The molecule has 0 saturated heterocycles. The summed E-state index contributed by atoms with van der Waals surface area (Å²) < 4.78 is 7.40. The van der Waals surface area contributed by atoms with Crippen LogP contribution in [0.25, 0.3) is 5.65 Å². The number of anilines is 1. The summed E-state index contributed by atoms with van der Waals surface area (Å²) in [5, 5.41) is 14.3. The molecule has 0 amide bonds. The van der Waals surface area contributed by atoms with Gasteiger partial charge in [0.15, 0.2) is 0 Å². The minimum absolute atomic E-state index is 0.0355. The van der Waals surface area contributed by atoms with Gasteiger partial charge in [-0.3, -0.25) is 0 Å². The highest BCUT2D eigenvalue weighted by atomic mass is 16.6. The Hall–Kier alpha value is -2.15. The van der Waals surface area contributed by atoms with Gasteiger partial charge in [-0.25, -0.2) is 0 Å². The molecule has 0 aromatic carbocycles. The van der Waals surface area contributed by atoms with Crippen molar-refractivity contribution in [3.63, 3.8) is 0 Å². The zero-order valence-electron chi connectivity index (χ0n) is 13.3. The van der Waals surface area contributed by atoms with Crippen LogP contribution in [0.15, 0.2) is 24.4 Å². The summed E-state index contributed by atoms with van der Waals surface area (Å²) in [5.74, 6) is 0.849. The van der Waals surface area contributed by atoms with Crippen molar-refractivity contribution in [3.05, 3.63) is 34.5 Å². The van der Waals surface area contributed by atoms with Crippen molar-refractivity contribution in [1.29, 1.82) is 0 Å². The average molecular weight is 318 g/mol. The molecule has 0 aliphatic heterocycles. The number of nitrogens with one attached hydrogen (secondary N) is 1. The molecule has 1 aliphatic rings. The van der Waals surface area contributed by atoms with Crippen molar-refractivity contribution in [3.8, 4) is 0 Å². The van der Waals surface area contributed by atoms with Crippen molar-refractivity contribution < 1.29 is 9.66 Å². The maximum atomic E-state index is 11.3. The van der Waals surface area contributed by atoms with Gasteiger partial charge < -0.3 is 20.2 Å². The lowest BCUT2D eigenvalue weighted by atomic mass is 9.88. The van der Waals surface area contributed by atoms with E-state index >= 15 is 0 Å². The maximum Gasteiger partial charge on any atom is 0.372 e. The predicted molar refractivity (Wildman–Crippen MR) is 87.7 cm³/mol. The van der Waals surface area contributed by atoms with Gasteiger partial charge in [0, 0.05) is 12.6 Å². The zero-order valence-corrected chi connectivity index (χ0v) is 13.3. The molecule has 2 aromatic rings. The first-order valence-electron chi connectivity index (χ1n) is 8.14. The highest BCUT2D eigenvalue weighted by molar-refractivity contribution is 5.62. The molecule has 7 nitrogen and oxygen atoms in total. The van der Waals surface area contributed by atoms with E-state index < -0.39 is 4.92 Å². The van der Waals surface area contributed by atoms with Gasteiger partial charge in [-0.05, 0) is 29.7 Å². The summed E-state index contributed by atoms with van der Waals surface area (Å²) in [6, 6.07) is 5.31. The molecule has 3 rings (SSSR count). The third-order valence-electron chi connectivity index (χ3n) is 4.44. The molecular formula is C16H22N4O3. The summed E-state index contributed by atoms with van der Waals surface area (Å²) in [7, 11) is 0. The lowest BCUT2D eigenvalue weighted by Gasteiger charge is -2.28. The first-order chi connectivity index (χ1) is 11.2. The van der Waals surface area contributed by atoms with Crippen LogP contribution in [-0.4, -0.2) is 33.6 Å². The Bertz CT molecular complexity index is 685. The molecule has 2 aromatic heterocycles. The molecule has 1 aliphatic carbocycles. The molecule has 0 unspecified atom stereocenters. The van der Waals surface area contributed by atoms with Gasteiger partial charge in [0.1, 0.15) is 0 Å². The van der Waals surface area contributed by atoms with Crippen LogP contribution in [0.2, 0.25) is 0 Å².